The van der Waals surface area contributed by atoms with Crippen molar-refractivity contribution in [2.24, 2.45) is 0 Å². The van der Waals surface area contributed by atoms with Gasteiger partial charge in [-0.2, -0.15) is 16.7 Å². The molecule has 0 bridgehead atoms. The SMILES string of the molecule is CSCc1noc(CN2CCN(C(=O)c3ccc[nH]3)CC2)n1. The Bertz CT molecular complexity index is 605. The first-order valence-electron chi connectivity index (χ1n) is 7.21. The van der Waals surface area contributed by atoms with Gasteiger partial charge in [0.1, 0.15) is 5.69 Å². The summed E-state index contributed by atoms with van der Waals surface area (Å²) >= 11 is 1.67. The molecular weight excluding hydrogens is 302 g/mol. The summed E-state index contributed by atoms with van der Waals surface area (Å²) in [4.78, 5) is 23.7. The molecule has 8 heteroatoms. The van der Waals surface area contributed by atoms with Gasteiger partial charge in [0.15, 0.2) is 5.82 Å². The van der Waals surface area contributed by atoms with Crippen LogP contribution in [0.2, 0.25) is 0 Å². The highest BCUT2D eigenvalue weighted by Gasteiger charge is 2.23. The van der Waals surface area contributed by atoms with Gasteiger partial charge in [0.25, 0.3) is 5.91 Å². The van der Waals surface area contributed by atoms with Crippen molar-refractivity contribution in [3.8, 4) is 0 Å². The summed E-state index contributed by atoms with van der Waals surface area (Å²) in [5, 5.41) is 3.95. The van der Waals surface area contributed by atoms with Crippen LogP contribution < -0.4 is 0 Å². The summed E-state index contributed by atoms with van der Waals surface area (Å²) in [6.07, 6.45) is 3.78. The van der Waals surface area contributed by atoms with Gasteiger partial charge in [-0.1, -0.05) is 5.16 Å². The van der Waals surface area contributed by atoms with Crippen LogP contribution in [0.5, 0.6) is 0 Å². The number of nitrogens with one attached hydrogen (secondary N) is 1. The molecule has 2 aromatic heterocycles. The highest BCUT2D eigenvalue weighted by Crippen LogP contribution is 2.11. The lowest BCUT2D eigenvalue weighted by Crippen LogP contribution is -2.48. The molecule has 7 nitrogen and oxygen atoms in total. The van der Waals surface area contributed by atoms with Crippen LogP contribution in [0.4, 0.5) is 0 Å². The van der Waals surface area contributed by atoms with Gasteiger partial charge in [-0.3, -0.25) is 9.69 Å². The largest absolute Gasteiger partial charge is 0.357 e. The van der Waals surface area contributed by atoms with E-state index in [4.69, 9.17) is 4.52 Å². The van der Waals surface area contributed by atoms with Gasteiger partial charge >= 0.3 is 0 Å². The number of carbonyl (C=O) groups is 1. The summed E-state index contributed by atoms with van der Waals surface area (Å²) in [6.45, 7) is 3.69. The lowest BCUT2D eigenvalue weighted by atomic mass is 10.2. The van der Waals surface area contributed by atoms with Crippen LogP contribution in [0.3, 0.4) is 0 Å². The van der Waals surface area contributed by atoms with Gasteiger partial charge in [-0.15, -0.1) is 0 Å². The molecule has 3 rings (SSSR count). The number of aromatic amines is 1. The Morgan fingerprint density at radius 3 is 2.91 bits per heavy atom. The molecule has 0 aromatic carbocycles. The molecule has 1 N–H and O–H groups in total. The molecule has 1 fully saturated rings. The molecule has 1 aliphatic heterocycles. The predicted molar refractivity (Wildman–Crippen MR) is 83.5 cm³/mol. The standard InChI is InChI=1S/C14H19N5O2S/c1-22-10-12-16-13(21-17-12)9-18-5-7-19(8-6-18)14(20)11-3-2-4-15-11/h2-4,15H,5-10H2,1H3. The number of piperazine rings is 1. The van der Waals surface area contributed by atoms with Gasteiger partial charge < -0.3 is 14.4 Å². The molecule has 0 atom stereocenters. The van der Waals surface area contributed by atoms with Crippen molar-refractivity contribution in [1.82, 2.24) is 24.9 Å². The Morgan fingerprint density at radius 2 is 2.23 bits per heavy atom. The average Bonchev–Trinajstić information content (AvgIpc) is 3.20. The maximum absolute atomic E-state index is 12.2. The molecule has 0 radical (unpaired) electrons. The minimum atomic E-state index is 0.0599. The van der Waals surface area contributed by atoms with Crippen molar-refractivity contribution in [3.05, 3.63) is 35.7 Å². The van der Waals surface area contributed by atoms with Crippen LogP contribution in [0.1, 0.15) is 22.2 Å². The monoisotopic (exact) mass is 321 g/mol. The smallest absolute Gasteiger partial charge is 0.270 e. The Balaban J connectivity index is 1.50. The maximum Gasteiger partial charge on any atom is 0.270 e. The van der Waals surface area contributed by atoms with E-state index in [9.17, 15) is 4.79 Å². The van der Waals surface area contributed by atoms with Gasteiger partial charge in [0, 0.05) is 32.4 Å². The molecule has 3 heterocycles. The summed E-state index contributed by atoms with van der Waals surface area (Å²) < 4.78 is 5.25. The second-order valence-electron chi connectivity index (χ2n) is 5.19. The van der Waals surface area contributed by atoms with Crippen LogP contribution in [0.15, 0.2) is 22.9 Å². The lowest BCUT2D eigenvalue weighted by Gasteiger charge is -2.33. The number of hydrogen-bond donors (Lipinski definition) is 1. The molecule has 0 spiro atoms. The zero-order valence-electron chi connectivity index (χ0n) is 12.5. The number of aromatic nitrogens is 3. The fraction of sp³-hybridized carbons (Fsp3) is 0.500. The first-order valence-corrected chi connectivity index (χ1v) is 8.61. The highest BCUT2D eigenvalue weighted by atomic mass is 32.2. The Labute approximate surface area is 133 Å². The van der Waals surface area contributed by atoms with Gasteiger partial charge in [-0.05, 0) is 18.4 Å². The Morgan fingerprint density at radius 1 is 1.41 bits per heavy atom. The minimum Gasteiger partial charge on any atom is -0.357 e. The van der Waals surface area contributed by atoms with Gasteiger partial charge in [0.2, 0.25) is 5.89 Å². The molecule has 118 valence electrons. The third-order valence-electron chi connectivity index (χ3n) is 3.63. The number of hydrogen-bond acceptors (Lipinski definition) is 6. The molecule has 0 aliphatic carbocycles. The zero-order chi connectivity index (χ0) is 15.4. The molecule has 0 saturated carbocycles. The van der Waals surface area contributed by atoms with E-state index in [1.165, 1.54) is 0 Å². The van der Waals surface area contributed by atoms with Crippen LogP contribution in [0, 0.1) is 0 Å². The summed E-state index contributed by atoms with van der Waals surface area (Å²) in [5.41, 5.74) is 0.645. The van der Waals surface area contributed by atoms with Crippen LogP contribution in [-0.2, 0) is 12.3 Å². The lowest BCUT2D eigenvalue weighted by molar-refractivity contribution is 0.0610. The van der Waals surface area contributed by atoms with Crippen molar-refractivity contribution >= 4 is 17.7 Å². The molecule has 0 unspecified atom stereocenters. The predicted octanol–water partition coefficient (Wildman–Crippen LogP) is 1.22. The second kappa shape index (κ2) is 6.97. The fourth-order valence-corrected chi connectivity index (χ4v) is 2.85. The normalized spacial score (nSPS) is 16.1. The number of H-pyrrole nitrogens is 1. The van der Waals surface area contributed by atoms with Crippen LogP contribution in [0.25, 0.3) is 0 Å². The van der Waals surface area contributed by atoms with E-state index in [0.29, 0.717) is 31.2 Å². The van der Waals surface area contributed by atoms with Crippen molar-refractivity contribution in [3.63, 3.8) is 0 Å². The van der Waals surface area contributed by atoms with Crippen molar-refractivity contribution < 1.29 is 9.32 Å². The van der Waals surface area contributed by atoms with E-state index in [0.717, 1.165) is 24.7 Å². The highest BCUT2D eigenvalue weighted by molar-refractivity contribution is 7.97. The van der Waals surface area contributed by atoms with Crippen molar-refractivity contribution in [2.45, 2.75) is 12.3 Å². The number of nitrogens with zero attached hydrogens (tertiary/aromatic N) is 4. The van der Waals surface area contributed by atoms with Crippen molar-refractivity contribution in [1.29, 1.82) is 0 Å². The summed E-state index contributed by atoms with van der Waals surface area (Å²) in [7, 11) is 0. The number of amides is 1. The van der Waals surface area contributed by atoms with E-state index in [-0.39, 0.29) is 5.91 Å². The zero-order valence-corrected chi connectivity index (χ0v) is 13.3. The molecule has 22 heavy (non-hydrogen) atoms. The second-order valence-corrected chi connectivity index (χ2v) is 6.06. The summed E-state index contributed by atoms with van der Waals surface area (Å²) in [5.74, 6) is 2.21. The minimum absolute atomic E-state index is 0.0599. The molecule has 2 aromatic rings. The Kier molecular flexibility index (Phi) is 4.79. The van der Waals surface area contributed by atoms with Crippen LogP contribution >= 0.6 is 11.8 Å². The van der Waals surface area contributed by atoms with E-state index < -0.39 is 0 Å². The third kappa shape index (κ3) is 3.50. The summed E-state index contributed by atoms with van der Waals surface area (Å²) in [6, 6.07) is 3.64. The van der Waals surface area contributed by atoms with E-state index >= 15 is 0 Å². The third-order valence-corrected chi connectivity index (χ3v) is 4.18. The molecule has 1 amide bonds. The number of thioether (sulfide) groups is 1. The molecular formula is C14H19N5O2S. The fourth-order valence-electron chi connectivity index (χ4n) is 2.48. The quantitative estimate of drug-likeness (QED) is 0.892. The average molecular weight is 321 g/mol. The molecule has 1 aliphatic rings. The first-order chi connectivity index (χ1) is 10.8. The molecule has 1 saturated heterocycles. The maximum atomic E-state index is 12.2. The van der Waals surface area contributed by atoms with Gasteiger partial charge in [0.05, 0.1) is 12.3 Å². The first kappa shape index (κ1) is 15.1. The number of rotatable bonds is 5. The van der Waals surface area contributed by atoms with Crippen molar-refractivity contribution in [2.75, 3.05) is 32.4 Å². The van der Waals surface area contributed by atoms with Gasteiger partial charge in [-0.25, -0.2) is 0 Å². The van der Waals surface area contributed by atoms with E-state index in [1.54, 1.807) is 24.0 Å². The topological polar surface area (TPSA) is 78.3 Å². The van der Waals surface area contributed by atoms with E-state index in [1.807, 2.05) is 17.2 Å². The van der Waals surface area contributed by atoms with Crippen LogP contribution in [-0.4, -0.2) is 63.3 Å². The van der Waals surface area contributed by atoms with E-state index in [2.05, 4.69) is 20.0 Å². The number of carbonyl (C=O) groups excluding carboxylic acids is 1. The Hall–Kier alpha value is -1.80.